The van der Waals surface area contributed by atoms with Gasteiger partial charge in [0.1, 0.15) is 12.4 Å². The number of rotatable bonds is 6. The van der Waals surface area contributed by atoms with Crippen molar-refractivity contribution >= 4 is 22.9 Å². The highest BCUT2D eigenvalue weighted by Gasteiger charge is 2.07. The zero-order valence-corrected chi connectivity index (χ0v) is 13.3. The number of nitrogens with zero attached hydrogens (tertiary/aromatic N) is 1. The monoisotopic (exact) mass is 310 g/mol. The number of ether oxygens (including phenoxy) is 1. The maximum atomic E-state index is 6.20. The lowest BCUT2D eigenvalue weighted by atomic mass is 10.1. The Morgan fingerprint density at radius 2 is 2.25 bits per heavy atom. The summed E-state index contributed by atoms with van der Waals surface area (Å²) in [6.45, 7) is 4.52. The molecule has 20 heavy (non-hydrogen) atoms. The van der Waals surface area contributed by atoms with Gasteiger partial charge in [0.2, 0.25) is 0 Å². The molecular formula is C15H19ClN2OS. The SMILES string of the molecule is CCCc1nc(COc2ccc([C@@H](C)N)cc2Cl)cs1. The molecule has 0 saturated carbocycles. The number of hydrogen-bond donors (Lipinski definition) is 1. The summed E-state index contributed by atoms with van der Waals surface area (Å²) in [4.78, 5) is 4.52. The van der Waals surface area contributed by atoms with Crippen molar-refractivity contribution in [2.45, 2.75) is 39.3 Å². The largest absolute Gasteiger partial charge is 0.486 e. The number of hydrogen-bond acceptors (Lipinski definition) is 4. The number of aromatic nitrogens is 1. The summed E-state index contributed by atoms with van der Waals surface area (Å²) in [5.41, 5.74) is 7.77. The Hall–Kier alpha value is -1.10. The maximum absolute atomic E-state index is 6.20. The number of thiazole rings is 1. The predicted molar refractivity (Wildman–Crippen MR) is 84.5 cm³/mol. The molecule has 0 aliphatic rings. The molecule has 2 aromatic rings. The molecule has 0 radical (unpaired) electrons. The summed E-state index contributed by atoms with van der Waals surface area (Å²) < 4.78 is 5.72. The summed E-state index contributed by atoms with van der Waals surface area (Å²) >= 11 is 7.88. The van der Waals surface area contributed by atoms with E-state index in [1.807, 2.05) is 30.5 Å². The van der Waals surface area contributed by atoms with Gasteiger partial charge in [-0.25, -0.2) is 4.98 Å². The van der Waals surface area contributed by atoms with Gasteiger partial charge < -0.3 is 10.5 Å². The molecule has 5 heteroatoms. The first-order chi connectivity index (χ1) is 9.60. The number of nitrogens with two attached hydrogens (primary N) is 1. The normalized spacial score (nSPS) is 12.4. The molecule has 0 bridgehead atoms. The fourth-order valence-electron chi connectivity index (χ4n) is 1.81. The fraction of sp³-hybridized carbons (Fsp3) is 0.400. The van der Waals surface area contributed by atoms with E-state index in [-0.39, 0.29) is 6.04 Å². The maximum Gasteiger partial charge on any atom is 0.138 e. The molecule has 0 amide bonds. The first-order valence-electron chi connectivity index (χ1n) is 6.71. The Labute approximate surface area is 128 Å². The Balaban J connectivity index is 1.99. The Morgan fingerprint density at radius 1 is 1.45 bits per heavy atom. The van der Waals surface area contributed by atoms with Gasteiger partial charge in [-0.2, -0.15) is 0 Å². The van der Waals surface area contributed by atoms with E-state index in [2.05, 4.69) is 11.9 Å². The van der Waals surface area contributed by atoms with E-state index < -0.39 is 0 Å². The number of halogens is 1. The first kappa shape index (κ1) is 15.3. The molecule has 0 unspecified atom stereocenters. The second-order valence-corrected chi connectivity index (χ2v) is 6.10. The van der Waals surface area contributed by atoms with Crippen LogP contribution >= 0.6 is 22.9 Å². The molecular weight excluding hydrogens is 292 g/mol. The molecule has 0 aliphatic heterocycles. The predicted octanol–water partition coefficient (Wildman–Crippen LogP) is 4.35. The quantitative estimate of drug-likeness (QED) is 0.863. The Kier molecular flexibility index (Phi) is 5.40. The third-order valence-electron chi connectivity index (χ3n) is 2.92. The highest BCUT2D eigenvalue weighted by atomic mass is 35.5. The molecule has 2 rings (SSSR count). The van der Waals surface area contributed by atoms with Crippen LogP contribution < -0.4 is 10.5 Å². The highest BCUT2D eigenvalue weighted by Crippen LogP contribution is 2.28. The van der Waals surface area contributed by atoms with Crippen molar-refractivity contribution in [3.05, 3.63) is 44.9 Å². The van der Waals surface area contributed by atoms with Crippen LogP contribution in [0.5, 0.6) is 5.75 Å². The molecule has 0 aliphatic carbocycles. The summed E-state index contributed by atoms with van der Waals surface area (Å²) in [6, 6.07) is 5.62. The molecule has 1 aromatic heterocycles. The van der Waals surface area contributed by atoms with Crippen molar-refractivity contribution in [3.63, 3.8) is 0 Å². The van der Waals surface area contributed by atoms with Gasteiger partial charge in [-0.1, -0.05) is 24.6 Å². The van der Waals surface area contributed by atoms with Gasteiger partial charge in [-0.15, -0.1) is 11.3 Å². The van der Waals surface area contributed by atoms with Gasteiger partial charge in [0.15, 0.2) is 0 Å². The first-order valence-corrected chi connectivity index (χ1v) is 7.97. The van der Waals surface area contributed by atoms with Crippen LogP contribution in [-0.4, -0.2) is 4.98 Å². The second-order valence-electron chi connectivity index (χ2n) is 4.75. The van der Waals surface area contributed by atoms with Crippen LogP contribution in [0.15, 0.2) is 23.6 Å². The lowest BCUT2D eigenvalue weighted by Crippen LogP contribution is -2.05. The van der Waals surface area contributed by atoms with Gasteiger partial charge in [0.05, 0.1) is 15.7 Å². The second kappa shape index (κ2) is 7.07. The topological polar surface area (TPSA) is 48.1 Å². The summed E-state index contributed by atoms with van der Waals surface area (Å²) in [7, 11) is 0. The van der Waals surface area contributed by atoms with Crippen LogP contribution in [0.3, 0.4) is 0 Å². The van der Waals surface area contributed by atoms with Crippen molar-refractivity contribution in [1.82, 2.24) is 4.98 Å². The van der Waals surface area contributed by atoms with E-state index in [4.69, 9.17) is 22.1 Å². The van der Waals surface area contributed by atoms with Crippen LogP contribution in [0.25, 0.3) is 0 Å². The minimum atomic E-state index is -0.0308. The number of benzene rings is 1. The van der Waals surface area contributed by atoms with Crippen molar-refractivity contribution in [3.8, 4) is 5.75 Å². The van der Waals surface area contributed by atoms with Gasteiger partial charge in [0.25, 0.3) is 0 Å². The third-order valence-corrected chi connectivity index (χ3v) is 4.17. The van der Waals surface area contributed by atoms with Crippen molar-refractivity contribution in [2.24, 2.45) is 5.73 Å². The van der Waals surface area contributed by atoms with Crippen LogP contribution in [0.2, 0.25) is 5.02 Å². The lowest BCUT2D eigenvalue weighted by molar-refractivity contribution is 0.302. The molecule has 1 aromatic carbocycles. The van der Waals surface area contributed by atoms with Gasteiger partial charge in [0, 0.05) is 11.4 Å². The standard InChI is InChI=1S/C15H19ClN2OS/c1-3-4-15-18-12(9-20-15)8-19-14-6-5-11(10(2)17)7-13(14)16/h5-7,9-10H,3-4,8,17H2,1-2H3/t10-/m1/s1. The third kappa shape index (κ3) is 3.95. The Morgan fingerprint density at radius 3 is 2.90 bits per heavy atom. The average Bonchev–Trinajstić information content (AvgIpc) is 2.85. The minimum absolute atomic E-state index is 0.0308. The van der Waals surface area contributed by atoms with Crippen LogP contribution in [-0.2, 0) is 13.0 Å². The molecule has 0 fully saturated rings. The highest BCUT2D eigenvalue weighted by molar-refractivity contribution is 7.09. The minimum Gasteiger partial charge on any atom is -0.486 e. The van der Waals surface area contributed by atoms with E-state index in [0.717, 1.165) is 29.1 Å². The van der Waals surface area contributed by atoms with Crippen LogP contribution in [0.1, 0.15) is 42.6 Å². The summed E-state index contributed by atoms with van der Waals surface area (Å²) in [5, 5.41) is 3.78. The van der Waals surface area contributed by atoms with Gasteiger partial charge >= 0.3 is 0 Å². The zero-order valence-electron chi connectivity index (χ0n) is 11.7. The average molecular weight is 311 g/mol. The van der Waals surface area contributed by atoms with E-state index in [9.17, 15) is 0 Å². The molecule has 1 atom stereocenters. The Bertz CT molecular complexity index is 569. The van der Waals surface area contributed by atoms with E-state index in [1.54, 1.807) is 11.3 Å². The lowest BCUT2D eigenvalue weighted by Gasteiger charge is -2.10. The molecule has 0 spiro atoms. The van der Waals surface area contributed by atoms with Crippen molar-refractivity contribution in [2.75, 3.05) is 0 Å². The molecule has 1 heterocycles. The van der Waals surface area contributed by atoms with Crippen molar-refractivity contribution in [1.29, 1.82) is 0 Å². The molecule has 108 valence electrons. The van der Waals surface area contributed by atoms with E-state index in [1.165, 1.54) is 0 Å². The molecule has 3 nitrogen and oxygen atoms in total. The smallest absolute Gasteiger partial charge is 0.138 e. The van der Waals surface area contributed by atoms with Crippen LogP contribution in [0, 0.1) is 0 Å². The van der Waals surface area contributed by atoms with Crippen LogP contribution in [0.4, 0.5) is 0 Å². The molecule has 0 saturated heterocycles. The van der Waals surface area contributed by atoms with Gasteiger partial charge in [-0.05, 0) is 37.5 Å². The summed E-state index contributed by atoms with van der Waals surface area (Å²) in [6.07, 6.45) is 2.13. The summed E-state index contributed by atoms with van der Waals surface area (Å²) in [5.74, 6) is 0.668. The van der Waals surface area contributed by atoms with E-state index >= 15 is 0 Å². The van der Waals surface area contributed by atoms with Gasteiger partial charge in [-0.3, -0.25) is 0 Å². The fourth-order valence-corrected chi connectivity index (χ4v) is 2.94. The van der Waals surface area contributed by atoms with Crippen molar-refractivity contribution < 1.29 is 4.74 Å². The van der Waals surface area contributed by atoms with E-state index in [0.29, 0.717) is 17.4 Å². The number of aryl methyl sites for hydroxylation is 1. The zero-order chi connectivity index (χ0) is 14.5. The molecule has 2 N–H and O–H groups in total.